The summed E-state index contributed by atoms with van der Waals surface area (Å²) < 4.78 is 0. The summed E-state index contributed by atoms with van der Waals surface area (Å²) in [6, 6.07) is 8.73. The van der Waals surface area contributed by atoms with Crippen molar-refractivity contribution in [3.8, 4) is 0 Å². The van der Waals surface area contributed by atoms with Crippen LogP contribution in [0.5, 0.6) is 0 Å². The first-order valence-electron chi connectivity index (χ1n) is 19.8. The molecule has 0 aliphatic carbocycles. The van der Waals surface area contributed by atoms with Gasteiger partial charge in [-0.25, -0.2) is 4.79 Å². The number of aromatic amines is 1. The number of rotatable bonds is 23. The molecular formula is C42H59N7O9. The predicted octanol–water partition coefficient (Wildman–Crippen LogP) is 2.40. The Hall–Kier alpha value is -5.77. The van der Waals surface area contributed by atoms with Crippen LogP contribution in [0.25, 0.3) is 10.9 Å². The van der Waals surface area contributed by atoms with Gasteiger partial charge in [0.05, 0.1) is 12.5 Å². The minimum absolute atomic E-state index is 0.00660. The second kappa shape index (κ2) is 22.2. The Kier molecular flexibility index (Phi) is 17.9. The number of hydrogen-bond donors (Lipinski definition) is 9. The summed E-state index contributed by atoms with van der Waals surface area (Å²) in [4.78, 5) is 95.5. The predicted molar refractivity (Wildman–Crippen MR) is 218 cm³/mol. The summed E-state index contributed by atoms with van der Waals surface area (Å²) in [5.41, 5.74) is 8.38. The van der Waals surface area contributed by atoms with E-state index in [2.05, 4.69) is 31.6 Å². The number of carbonyl (C=O) groups is 7. The lowest BCUT2D eigenvalue weighted by Gasteiger charge is -2.29. The molecule has 10 N–H and O–H groups in total. The van der Waals surface area contributed by atoms with Crippen LogP contribution < -0.4 is 32.3 Å². The number of para-hydroxylation sites is 1. The fraction of sp³-hybridized carbons (Fsp3) is 0.500. The largest absolute Gasteiger partial charge is 0.481 e. The van der Waals surface area contributed by atoms with Gasteiger partial charge in [-0.05, 0) is 41.4 Å². The quantitative estimate of drug-likeness (QED) is 0.0676. The first-order chi connectivity index (χ1) is 27.4. The van der Waals surface area contributed by atoms with Gasteiger partial charge in [0.2, 0.25) is 29.5 Å². The van der Waals surface area contributed by atoms with Crippen molar-refractivity contribution in [2.24, 2.45) is 23.5 Å². The molecule has 0 bridgehead atoms. The minimum Gasteiger partial charge on any atom is -0.481 e. The lowest BCUT2D eigenvalue weighted by atomic mass is 9.94. The maximum atomic E-state index is 14.5. The molecule has 5 amide bonds. The molecule has 16 heteroatoms. The van der Waals surface area contributed by atoms with Crippen LogP contribution in [-0.2, 0) is 46.4 Å². The van der Waals surface area contributed by atoms with Crippen LogP contribution in [0.1, 0.15) is 78.4 Å². The van der Waals surface area contributed by atoms with Crippen molar-refractivity contribution in [1.29, 1.82) is 0 Å². The SMILES string of the molecule is CC[C@H](C)[C@H](N)C(=O)N[C@H](C(=O)N[C@@H](Cc1c[nH]c2ccccc12)C(=O)N[C@H](Cc1ccccc1)C(=O)N[C@@H](CC(C)C)C(=O)N[C@@H](CC(=O)O)C(=O)O)[C@@H](C)CC. The van der Waals surface area contributed by atoms with Gasteiger partial charge in [0, 0.05) is 29.9 Å². The van der Waals surface area contributed by atoms with E-state index in [0.29, 0.717) is 24.0 Å². The number of hydrogen-bond acceptors (Lipinski definition) is 8. The number of nitrogens with two attached hydrogens (primary N) is 1. The van der Waals surface area contributed by atoms with Crippen LogP contribution in [0, 0.1) is 17.8 Å². The van der Waals surface area contributed by atoms with Gasteiger partial charge >= 0.3 is 11.9 Å². The smallest absolute Gasteiger partial charge is 0.326 e. The van der Waals surface area contributed by atoms with Gasteiger partial charge in [-0.3, -0.25) is 28.8 Å². The molecule has 316 valence electrons. The van der Waals surface area contributed by atoms with Crippen LogP contribution in [0.3, 0.4) is 0 Å². The Labute approximate surface area is 338 Å². The molecule has 0 saturated heterocycles. The average molecular weight is 806 g/mol. The lowest BCUT2D eigenvalue weighted by Crippen LogP contribution is -2.61. The Balaban J connectivity index is 2.00. The molecule has 2 aromatic carbocycles. The molecule has 0 aliphatic heterocycles. The molecule has 0 saturated carbocycles. The van der Waals surface area contributed by atoms with Crippen molar-refractivity contribution >= 4 is 52.4 Å². The molecular weight excluding hydrogens is 747 g/mol. The highest BCUT2D eigenvalue weighted by Gasteiger charge is 2.35. The second-order valence-corrected chi connectivity index (χ2v) is 15.3. The third-order valence-corrected chi connectivity index (χ3v) is 10.3. The number of nitrogens with one attached hydrogen (secondary N) is 6. The molecule has 0 radical (unpaired) electrons. The zero-order valence-electron chi connectivity index (χ0n) is 34.0. The van der Waals surface area contributed by atoms with E-state index in [4.69, 9.17) is 5.73 Å². The molecule has 0 unspecified atom stereocenters. The van der Waals surface area contributed by atoms with E-state index in [1.165, 1.54) is 0 Å². The second-order valence-electron chi connectivity index (χ2n) is 15.3. The zero-order chi connectivity index (χ0) is 43.1. The number of carbonyl (C=O) groups excluding carboxylic acids is 5. The van der Waals surface area contributed by atoms with Crippen LogP contribution in [-0.4, -0.2) is 92.9 Å². The fourth-order valence-electron chi connectivity index (χ4n) is 6.41. The lowest BCUT2D eigenvalue weighted by molar-refractivity contribution is -0.147. The summed E-state index contributed by atoms with van der Waals surface area (Å²) in [6.45, 7) is 11.0. The average Bonchev–Trinajstić information content (AvgIpc) is 3.60. The zero-order valence-corrected chi connectivity index (χ0v) is 34.0. The van der Waals surface area contributed by atoms with Crippen molar-refractivity contribution in [3.63, 3.8) is 0 Å². The first-order valence-corrected chi connectivity index (χ1v) is 19.8. The van der Waals surface area contributed by atoms with E-state index < -0.39 is 84.1 Å². The highest BCUT2D eigenvalue weighted by atomic mass is 16.4. The van der Waals surface area contributed by atoms with Gasteiger partial charge < -0.3 is 47.5 Å². The molecule has 58 heavy (non-hydrogen) atoms. The molecule has 16 nitrogen and oxygen atoms in total. The molecule has 1 aromatic heterocycles. The van der Waals surface area contributed by atoms with Gasteiger partial charge in [0.25, 0.3) is 0 Å². The summed E-state index contributed by atoms with van der Waals surface area (Å²) in [7, 11) is 0. The molecule has 1 heterocycles. The van der Waals surface area contributed by atoms with Gasteiger partial charge in [0.15, 0.2) is 0 Å². The minimum atomic E-state index is -1.75. The molecule has 0 fully saturated rings. The number of amides is 5. The Morgan fingerprint density at radius 2 is 1.17 bits per heavy atom. The highest BCUT2D eigenvalue weighted by Crippen LogP contribution is 2.20. The van der Waals surface area contributed by atoms with Gasteiger partial charge in [-0.15, -0.1) is 0 Å². The molecule has 3 aromatic rings. The number of carboxylic acids is 2. The first kappa shape index (κ1) is 46.6. The molecule has 0 spiro atoms. The summed E-state index contributed by atoms with van der Waals surface area (Å²) in [5, 5.41) is 32.8. The maximum absolute atomic E-state index is 14.5. The van der Waals surface area contributed by atoms with Crippen molar-refractivity contribution in [3.05, 3.63) is 71.9 Å². The van der Waals surface area contributed by atoms with Crippen molar-refractivity contribution < 1.29 is 43.8 Å². The van der Waals surface area contributed by atoms with E-state index in [1.54, 1.807) is 57.3 Å². The van der Waals surface area contributed by atoms with Crippen molar-refractivity contribution in [2.75, 3.05) is 0 Å². The standard InChI is InChI=1S/C42H59N7O9/c1-7-24(5)35(43)40(55)49-36(25(6)8-2)41(56)47-32(20-27-22-44-29-17-13-12-16-28(27)29)39(54)46-31(19-26-14-10-9-11-15-26)38(53)45-30(18-23(3)4)37(52)48-33(42(57)58)21-34(50)51/h9-17,22-25,30-33,35-36,44H,7-8,18-21,43H2,1-6H3,(H,45,53)(H,46,54)(H,47,56)(H,48,52)(H,49,55)(H,50,51)(H,57,58)/t24-,25-,30-,31+,32-,33-,35-,36-/m0/s1. The number of benzene rings is 2. The molecule has 3 rings (SSSR count). The van der Waals surface area contributed by atoms with Crippen molar-refractivity contribution in [2.45, 2.75) is 116 Å². The Morgan fingerprint density at radius 3 is 1.76 bits per heavy atom. The van der Waals surface area contributed by atoms with Gasteiger partial charge in [0.1, 0.15) is 30.2 Å². The Bertz CT molecular complexity index is 1880. The number of aromatic nitrogens is 1. The molecule has 8 atom stereocenters. The van der Waals surface area contributed by atoms with Crippen LogP contribution in [0.15, 0.2) is 60.8 Å². The van der Waals surface area contributed by atoms with Gasteiger partial charge in [-0.1, -0.05) is 103 Å². The Morgan fingerprint density at radius 1 is 0.638 bits per heavy atom. The summed E-state index contributed by atoms with van der Waals surface area (Å²) in [5.74, 6) is -7.19. The monoisotopic (exact) mass is 805 g/mol. The maximum Gasteiger partial charge on any atom is 0.326 e. The molecule has 0 aliphatic rings. The number of H-pyrrole nitrogens is 1. The third-order valence-electron chi connectivity index (χ3n) is 10.3. The van der Waals surface area contributed by atoms with Crippen LogP contribution in [0.2, 0.25) is 0 Å². The highest BCUT2D eigenvalue weighted by molar-refractivity contribution is 5.97. The summed E-state index contributed by atoms with van der Waals surface area (Å²) >= 11 is 0. The number of aliphatic carboxylic acids is 2. The summed E-state index contributed by atoms with van der Waals surface area (Å²) in [6.07, 6.45) is 2.04. The topological polar surface area (TPSA) is 262 Å². The van der Waals surface area contributed by atoms with E-state index >= 15 is 0 Å². The van der Waals surface area contributed by atoms with Crippen LogP contribution >= 0.6 is 0 Å². The van der Waals surface area contributed by atoms with Gasteiger partial charge in [-0.2, -0.15) is 0 Å². The number of carboxylic acid groups (broad SMARTS) is 2. The number of fused-ring (bicyclic) bond motifs is 1. The van der Waals surface area contributed by atoms with E-state index in [-0.39, 0.29) is 37.0 Å². The van der Waals surface area contributed by atoms with E-state index in [9.17, 15) is 43.8 Å². The normalized spacial score (nSPS) is 15.4. The van der Waals surface area contributed by atoms with Crippen LogP contribution in [0.4, 0.5) is 0 Å². The fourth-order valence-corrected chi connectivity index (χ4v) is 6.41. The van der Waals surface area contributed by atoms with E-state index in [0.717, 1.165) is 10.9 Å². The van der Waals surface area contributed by atoms with E-state index in [1.807, 2.05) is 45.0 Å². The van der Waals surface area contributed by atoms with Crippen molar-refractivity contribution in [1.82, 2.24) is 31.6 Å². The third kappa shape index (κ3) is 13.7.